The van der Waals surface area contributed by atoms with Crippen LogP contribution in [-0.4, -0.2) is 22.6 Å². The fourth-order valence-corrected chi connectivity index (χ4v) is 0.982. The third kappa shape index (κ3) is 3.81. The van der Waals surface area contributed by atoms with Crippen LogP contribution in [0.4, 0.5) is 4.39 Å². The van der Waals surface area contributed by atoms with Crippen LogP contribution in [0.5, 0.6) is 0 Å². The minimum Gasteiger partial charge on any atom is -0.478 e. The van der Waals surface area contributed by atoms with Gasteiger partial charge in [-0.3, -0.25) is 0 Å². The molecule has 1 N–H and O–H groups in total. The summed E-state index contributed by atoms with van der Waals surface area (Å²) in [6.07, 6.45) is 1.48. The highest BCUT2D eigenvalue weighted by Gasteiger charge is 2.11. The molecule has 0 atom stereocenters. The molecule has 86 valence electrons. The number of nitrogens with zero attached hydrogens (tertiary/aromatic N) is 4. The molecule has 0 aromatic carbocycles. The third-order valence-corrected chi connectivity index (χ3v) is 1.70. The van der Waals surface area contributed by atoms with Gasteiger partial charge in [-0.05, 0) is 11.6 Å². The van der Waals surface area contributed by atoms with Gasteiger partial charge in [0.1, 0.15) is 5.56 Å². The second-order valence-electron chi connectivity index (χ2n) is 2.87. The predicted octanol–water partition coefficient (Wildman–Crippen LogP) is 1.97. The summed E-state index contributed by atoms with van der Waals surface area (Å²) in [7, 11) is 0. The Bertz CT molecular complexity index is 541. The highest BCUT2D eigenvalue weighted by molar-refractivity contribution is 5.87. The molecule has 0 bridgehead atoms. The van der Waals surface area contributed by atoms with E-state index in [9.17, 15) is 9.18 Å². The number of aromatic nitrogens is 1. The van der Waals surface area contributed by atoms with Gasteiger partial charge in [-0.1, -0.05) is 17.0 Å². The van der Waals surface area contributed by atoms with E-state index in [4.69, 9.17) is 10.6 Å². The topological polar surface area (TPSA) is 99.0 Å². The number of hydrogen-bond acceptors (Lipinski definition) is 3. The first-order chi connectivity index (χ1) is 8.15. The molecule has 0 unspecified atom stereocenters. The smallest absolute Gasteiger partial charge is 0.340 e. The van der Waals surface area contributed by atoms with Crippen LogP contribution in [0, 0.1) is 17.8 Å². The van der Waals surface area contributed by atoms with Crippen molar-refractivity contribution in [1.29, 1.82) is 0 Å². The molecule has 1 rings (SSSR count). The van der Waals surface area contributed by atoms with Gasteiger partial charge in [-0.25, -0.2) is 9.78 Å². The zero-order chi connectivity index (χ0) is 12.7. The molecule has 0 saturated heterocycles. The molecule has 0 saturated carbocycles. The Labute approximate surface area is 95.7 Å². The van der Waals surface area contributed by atoms with Crippen LogP contribution in [-0.2, 0) is 0 Å². The van der Waals surface area contributed by atoms with E-state index in [1.165, 1.54) is 0 Å². The van der Waals surface area contributed by atoms with E-state index in [-0.39, 0.29) is 6.54 Å². The van der Waals surface area contributed by atoms with Crippen molar-refractivity contribution in [2.75, 3.05) is 6.54 Å². The van der Waals surface area contributed by atoms with E-state index in [0.29, 0.717) is 12.0 Å². The lowest BCUT2D eigenvalue weighted by molar-refractivity contribution is 0.0690. The van der Waals surface area contributed by atoms with Crippen LogP contribution in [0.15, 0.2) is 17.4 Å². The van der Waals surface area contributed by atoms with Gasteiger partial charge < -0.3 is 5.11 Å². The molecule has 1 aromatic heterocycles. The number of carboxylic acid groups (broad SMARTS) is 1. The van der Waals surface area contributed by atoms with Crippen molar-refractivity contribution in [2.45, 2.75) is 6.42 Å². The minimum atomic E-state index is -1.40. The van der Waals surface area contributed by atoms with Gasteiger partial charge in [0.2, 0.25) is 5.95 Å². The van der Waals surface area contributed by atoms with Gasteiger partial charge in [0.15, 0.2) is 0 Å². The van der Waals surface area contributed by atoms with Crippen molar-refractivity contribution in [3.8, 4) is 11.8 Å². The largest absolute Gasteiger partial charge is 0.478 e. The number of carbonyl (C=O) groups is 1. The summed E-state index contributed by atoms with van der Waals surface area (Å²) in [4.78, 5) is 16.4. The van der Waals surface area contributed by atoms with Crippen LogP contribution in [0.25, 0.3) is 10.4 Å². The first-order valence-corrected chi connectivity index (χ1v) is 4.53. The van der Waals surface area contributed by atoms with E-state index in [0.717, 1.165) is 12.3 Å². The standard InChI is InChI=1S/C10H7FN4O2/c11-9-8(10(16)17)5-7(6-13-9)3-1-2-4-14-15-12/h5-6H,2,4H2,(H,16,17). The fourth-order valence-electron chi connectivity index (χ4n) is 0.982. The van der Waals surface area contributed by atoms with Crippen LogP contribution in [0.2, 0.25) is 0 Å². The highest BCUT2D eigenvalue weighted by Crippen LogP contribution is 2.06. The van der Waals surface area contributed by atoms with Crippen molar-refractivity contribution < 1.29 is 14.3 Å². The Kier molecular flexibility index (Phi) is 4.48. The maximum absolute atomic E-state index is 12.9. The molecule has 7 heteroatoms. The van der Waals surface area contributed by atoms with E-state index < -0.39 is 17.5 Å². The third-order valence-electron chi connectivity index (χ3n) is 1.70. The van der Waals surface area contributed by atoms with Crippen LogP contribution < -0.4 is 0 Å². The van der Waals surface area contributed by atoms with E-state index in [1.54, 1.807) is 0 Å². The van der Waals surface area contributed by atoms with Crippen molar-refractivity contribution >= 4 is 5.97 Å². The lowest BCUT2D eigenvalue weighted by Gasteiger charge is -1.96. The summed E-state index contributed by atoms with van der Waals surface area (Å²) in [6.45, 7) is 0.226. The Balaban J connectivity index is 2.82. The number of pyridine rings is 1. The van der Waals surface area contributed by atoms with Gasteiger partial charge in [0.25, 0.3) is 0 Å². The number of aromatic carboxylic acids is 1. The van der Waals surface area contributed by atoms with Crippen LogP contribution in [0.3, 0.4) is 0 Å². The van der Waals surface area contributed by atoms with Crippen LogP contribution in [0.1, 0.15) is 22.3 Å². The molecule has 0 radical (unpaired) electrons. The molecule has 0 aliphatic heterocycles. The molecule has 0 aliphatic rings. The quantitative estimate of drug-likeness (QED) is 0.216. The lowest BCUT2D eigenvalue weighted by Crippen LogP contribution is -2.03. The van der Waals surface area contributed by atoms with Gasteiger partial charge in [-0.2, -0.15) is 4.39 Å². The number of carboxylic acids is 1. The monoisotopic (exact) mass is 234 g/mol. The number of halogens is 1. The number of azide groups is 1. The molecular formula is C10H7FN4O2. The zero-order valence-corrected chi connectivity index (χ0v) is 8.59. The fraction of sp³-hybridized carbons (Fsp3) is 0.200. The van der Waals surface area contributed by atoms with Gasteiger partial charge in [0.05, 0.1) is 0 Å². The second kappa shape index (κ2) is 6.10. The summed E-state index contributed by atoms with van der Waals surface area (Å²) in [6, 6.07) is 1.10. The van der Waals surface area contributed by atoms with Crippen molar-refractivity contribution in [2.24, 2.45) is 5.11 Å². The number of rotatable bonds is 3. The molecular weight excluding hydrogens is 227 g/mol. The minimum absolute atomic E-state index is 0.226. The number of hydrogen-bond donors (Lipinski definition) is 1. The molecule has 17 heavy (non-hydrogen) atoms. The summed E-state index contributed by atoms with van der Waals surface area (Å²) in [5, 5.41) is 11.9. The lowest BCUT2D eigenvalue weighted by atomic mass is 10.2. The summed E-state index contributed by atoms with van der Waals surface area (Å²) in [5.41, 5.74) is 7.78. The molecule has 0 aliphatic carbocycles. The zero-order valence-electron chi connectivity index (χ0n) is 8.59. The first-order valence-electron chi connectivity index (χ1n) is 4.53. The summed E-state index contributed by atoms with van der Waals surface area (Å²) < 4.78 is 12.9. The van der Waals surface area contributed by atoms with Gasteiger partial charge >= 0.3 is 5.97 Å². The van der Waals surface area contributed by atoms with Gasteiger partial charge in [0, 0.05) is 29.6 Å². The summed E-state index contributed by atoms with van der Waals surface area (Å²) >= 11 is 0. The summed E-state index contributed by atoms with van der Waals surface area (Å²) in [5.74, 6) is 2.81. The first kappa shape index (κ1) is 12.5. The van der Waals surface area contributed by atoms with E-state index in [2.05, 4.69) is 26.9 Å². The average Bonchev–Trinajstić information content (AvgIpc) is 2.30. The van der Waals surface area contributed by atoms with E-state index >= 15 is 0 Å². The highest BCUT2D eigenvalue weighted by atomic mass is 19.1. The Morgan fingerprint density at radius 3 is 3.12 bits per heavy atom. The molecule has 1 heterocycles. The molecule has 6 nitrogen and oxygen atoms in total. The average molecular weight is 234 g/mol. The maximum Gasteiger partial charge on any atom is 0.340 e. The molecule has 0 amide bonds. The van der Waals surface area contributed by atoms with Crippen LogP contribution >= 0.6 is 0 Å². The Morgan fingerprint density at radius 1 is 1.71 bits per heavy atom. The Morgan fingerprint density at radius 2 is 2.47 bits per heavy atom. The SMILES string of the molecule is [N-]=[N+]=NCCC#Cc1cnc(F)c(C(=O)O)c1. The van der Waals surface area contributed by atoms with E-state index in [1.807, 2.05) is 0 Å². The van der Waals surface area contributed by atoms with Crippen molar-refractivity contribution in [1.82, 2.24) is 4.98 Å². The van der Waals surface area contributed by atoms with Crippen molar-refractivity contribution in [3.05, 3.63) is 39.8 Å². The molecule has 1 aromatic rings. The second-order valence-corrected chi connectivity index (χ2v) is 2.87. The molecule has 0 fully saturated rings. The Hall–Kier alpha value is -2.58. The normalized spacial score (nSPS) is 8.76. The predicted molar refractivity (Wildman–Crippen MR) is 56.7 cm³/mol. The van der Waals surface area contributed by atoms with Crippen molar-refractivity contribution in [3.63, 3.8) is 0 Å². The maximum atomic E-state index is 12.9. The molecule has 0 spiro atoms. The van der Waals surface area contributed by atoms with Gasteiger partial charge in [-0.15, -0.1) is 0 Å².